The van der Waals surface area contributed by atoms with E-state index in [0.29, 0.717) is 61.5 Å². The molecule has 360 valence electrons. The number of methoxy groups -OCH3 is 1. The van der Waals surface area contributed by atoms with Crippen molar-refractivity contribution >= 4 is 11.9 Å². The number of rotatable bonds is 11. The predicted molar refractivity (Wildman–Crippen MR) is 240 cm³/mol. The van der Waals surface area contributed by atoms with Crippen molar-refractivity contribution in [3.05, 3.63) is 11.9 Å². The Labute approximate surface area is 382 Å². The van der Waals surface area contributed by atoms with Crippen LogP contribution in [0, 0.1) is 92.7 Å². The number of hydrogen-bond acceptors (Lipinski definition) is 11. The van der Waals surface area contributed by atoms with Gasteiger partial charge in [0, 0.05) is 12.8 Å². The first-order valence-electron chi connectivity index (χ1n) is 25.9. The lowest BCUT2D eigenvalue weighted by molar-refractivity contribution is -0.207. The van der Waals surface area contributed by atoms with Crippen molar-refractivity contribution in [2.24, 2.45) is 92.7 Å². The van der Waals surface area contributed by atoms with Gasteiger partial charge < -0.3 is 35.0 Å². The zero-order chi connectivity index (χ0) is 45.7. The molecule has 1 heterocycles. The third-order valence-electron chi connectivity index (χ3n) is 22.2. The van der Waals surface area contributed by atoms with Gasteiger partial charge in [0.2, 0.25) is 0 Å². The van der Waals surface area contributed by atoms with E-state index in [1.807, 2.05) is 10.9 Å². The van der Waals surface area contributed by atoms with Gasteiger partial charge in [-0.1, -0.05) is 46.8 Å². The predicted octanol–water partition coefficient (Wildman–Crippen LogP) is 7.43. The minimum atomic E-state index is -0.450. The van der Waals surface area contributed by atoms with Crippen molar-refractivity contribution in [2.75, 3.05) is 7.11 Å². The molecular formula is C52H83N3O9. The average molecular weight is 894 g/mol. The van der Waals surface area contributed by atoms with Crippen molar-refractivity contribution in [1.29, 1.82) is 0 Å². The number of hydrogen-bond donors (Lipinski definition) is 5. The van der Waals surface area contributed by atoms with E-state index in [0.717, 1.165) is 83.5 Å². The fourth-order valence-electron chi connectivity index (χ4n) is 18.5. The molecule has 0 aromatic carbocycles. The molecule has 0 radical (unpaired) electrons. The van der Waals surface area contributed by atoms with Gasteiger partial charge in [-0.05, 0) is 195 Å². The van der Waals surface area contributed by atoms with Gasteiger partial charge in [-0.2, -0.15) is 0 Å². The van der Waals surface area contributed by atoms with Gasteiger partial charge in [-0.15, -0.1) is 5.10 Å². The van der Waals surface area contributed by atoms with Gasteiger partial charge in [-0.3, -0.25) is 9.59 Å². The van der Waals surface area contributed by atoms with E-state index >= 15 is 0 Å². The summed E-state index contributed by atoms with van der Waals surface area (Å²) >= 11 is 0. The van der Waals surface area contributed by atoms with Crippen molar-refractivity contribution < 1.29 is 44.6 Å². The Morgan fingerprint density at radius 1 is 0.688 bits per heavy atom. The summed E-state index contributed by atoms with van der Waals surface area (Å²) in [7, 11) is 1.44. The highest BCUT2D eigenvalue weighted by atomic mass is 16.5. The molecule has 8 saturated carbocycles. The maximum atomic E-state index is 13.2. The van der Waals surface area contributed by atoms with Crippen LogP contribution in [0.15, 0.2) is 6.20 Å². The van der Waals surface area contributed by atoms with Crippen LogP contribution in [-0.2, 0) is 25.7 Å². The summed E-state index contributed by atoms with van der Waals surface area (Å²) < 4.78 is 12.7. The monoisotopic (exact) mass is 894 g/mol. The zero-order valence-electron chi connectivity index (χ0n) is 40.1. The lowest BCUT2D eigenvalue weighted by Crippen LogP contribution is -2.62. The summed E-state index contributed by atoms with van der Waals surface area (Å²) in [6.07, 6.45) is 14.4. The number of aliphatic hydroxyl groups excluding tert-OH is 5. The first-order valence-corrected chi connectivity index (χ1v) is 25.9. The zero-order valence-corrected chi connectivity index (χ0v) is 40.1. The molecule has 5 N–H and O–H groups in total. The Morgan fingerprint density at radius 3 is 1.75 bits per heavy atom. The smallest absolute Gasteiger partial charge is 0.306 e. The highest BCUT2D eigenvalue weighted by molar-refractivity contribution is 5.69. The molecule has 8 fully saturated rings. The van der Waals surface area contributed by atoms with Crippen LogP contribution in [0.1, 0.15) is 169 Å². The number of carbonyl (C=O) groups is 2. The Balaban J connectivity index is 0.769. The molecule has 22 atom stereocenters. The van der Waals surface area contributed by atoms with E-state index in [4.69, 9.17) is 9.47 Å². The van der Waals surface area contributed by atoms with E-state index < -0.39 is 24.4 Å². The van der Waals surface area contributed by atoms with Crippen molar-refractivity contribution in [2.45, 2.75) is 200 Å². The Hall–Kier alpha value is -2.12. The fourth-order valence-corrected chi connectivity index (χ4v) is 18.5. The molecular weight excluding hydrogens is 811 g/mol. The third kappa shape index (κ3) is 7.54. The van der Waals surface area contributed by atoms with Gasteiger partial charge >= 0.3 is 11.9 Å². The second-order valence-corrected chi connectivity index (χ2v) is 24.5. The van der Waals surface area contributed by atoms with Gasteiger partial charge in [-0.25, -0.2) is 4.68 Å². The standard InChI is InChI=1S/C52H83N3O9/c1-28(8-14-45(61)63-7)35-10-12-37-47-39(24-43(59)51(35,37)5)49(3)18-16-33(20-30(49)22-41(47)57)55-26-32(53-54-55)27-64-46(62)15-9-29(2)36-11-13-38-48-40(25-44(60)52(36,38)6)50(4)19-17-34(56)21-31(50)23-42(48)58/h26,28-31,33-44,47-48,56-60H,8-25,27H2,1-7H3/t28-,29-,30+,31+,33+,34-,35-,36-,37+,38+,39+,40+,41-,42-,43+,44+,47+,48+,49+,50+,51-,52-/m1/s1. The number of aromatic nitrogens is 3. The van der Waals surface area contributed by atoms with Gasteiger partial charge in [0.1, 0.15) is 12.3 Å². The molecule has 8 aliphatic rings. The average Bonchev–Trinajstić information content (AvgIpc) is 3.99. The van der Waals surface area contributed by atoms with E-state index in [-0.39, 0.29) is 99.7 Å². The molecule has 0 aliphatic heterocycles. The molecule has 8 aliphatic carbocycles. The van der Waals surface area contributed by atoms with Crippen LogP contribution >= 0.6 is 0 Å². The molecule has 0 unspecified atom stereocenters. The summed E-state index contributed by atoms with van der Waals surface area (Å²) in [5, 5.41) is 67.1. The van der Waals surface area contributed by atoms with Crippen LogP contribution in [0.4, 0.5) is 0 Å². The summed E-state index contributed by atoms with van der Waals surface area (Å²) in [5.41, 5.74) is 0.112. The minimum absolute atomic E-state index is 0.0149. The molecule has 0 saturated heterocycles. The summed E-state index contributed by atoms with van der Waals surface area (Å²) in [5.74, 6) is 2.61. The molecule has 64 heavy (non-hydrogen) atoms. The van der Waals surface area contributed by atoms with E-state index in [2.05, 4.69) is 51.9 Å². The Morgan fingerprint density at radius 2 is 1.20 bits per heavy atom. The first-order chi connectivity index (χ1) is 30.3. The Bertz CT molecular complexity index is 1860. The summed E-state index contributed by atoms with van der Waals surface area (Å²) in [6, 6.07) is 0.140. The van der Waals surface area contributed by atoms with Gasteiger partial charge in [0.25, 0.3) is 0 Å². The summed E-state index contributed by atoms with van der Waals surface area (Å²) in [6.45, 7) is 13.8. The van der Waals surface area contributed by atoms with E-state index in [1.54, 1.807) is 0 Å². The topological polar surface area (TPSA) is 184 Å². The number of fused-ring (bicyclic) bond motifs is 10. The van der Waals surface area contributed by atoms with E-state index in [1.165, 1.54) is 7.11 Å². The SMILES string of the molecule is COC(=O)CC[C@@H](C)[C@H]1CC[C@H]2[C@@H]3[C@H](O)C[C@@H]4C[C@@H](n5cc(COC(=O)CC[C@@H](C)[C@H]6CC[C@H]7[C@@H]8[C@H](O)C[C@@H]9C[C@H](O)CC[C@]9(C)[C@H]8C[C@H](O)[C@]67C)nn5)CC[C@]4(C)[C@H]3C[C@H](O)[C@]12C. The molecule has 12 nitrogen and oxygen atoms in total. The molecule has 9 rings (SSSR count). The van der Waals surface area contributed by atoms with Crippen LogP contribution < -0.4 is 0 Å². The number of aliphatic hydroxyl groups is 5. The Kier molecular flexibility index (Phi) is 12.8. The quantitative estimate of drug-likeness (QED) is 0.139. The minimum Gasteiger partial charge on any atom is -0.469 e. The maximum absolute atomic E-state index is 13.2. The van der Waals surface area contributed by atoms with Crippen molar-refractivity contribution in [3.8, 4) is 0 Å². The third-order valence-corrected chi connectivity index (χ3v) is 22.2. The molecule has 0 bridgehead atoms. The first kappa shape index (κ1) is 47.0. The van der Waals surface area contributed by atoms with Crippen molar-refractivity contribution in [1.82, 2.24) is 15.0 Å². The number of ether oxygens (including phenoxy) is 2. The van der Waals surface area contributed by atoms with Crippen LogP contribution in [0.2, 0.25) is 0 Å². The van der Waals surface area contributed by atoms with Gasteiger partial charge in [0.05, 0.1) is 49.9 Å². The van der Waals surface area contributed by atoms with E-state index in [9.17, 15) is 35.1 Å². The number of nitrogens with zero attached hydrogens (tertiary/aromatic N) is 3. The normalized spacial score (nSPS) is 49.2. The maximum Gasteiger partial charge on any atom is 0.306 e. The molecule has 0 spiro atoms. The number of carbonyl (C=O) groups excluding carboxylic acids is 2. The van der Waals surface area contributed by atoms with Crippen LogP contribution in [0.3, 0.4) is 0 Å². The lowest BCUT2D eigenvalue weighted by Gasteiger charge is -2.63. The molecule has 12 heteroatoms. The summed E-state index contributed by atoms with van der Waals surface area (Å²) in [4.78, 5) is 25.2. The van der Waals surface area contributed by atoms with Gasteiger partial charge in [0.15, 0.2) is 0 Å². The highest BCUT2D eigenvalue weighted by Gasteiger charge is 2.67. The van der Waals surface area contributed by atoms with Crippen molar-refractivity contribution in [3.63, 3.8) is 0 Å². The van der Waals surface area contributed by atoms with Crippen LogP contribution in [0.5, 0.6) is 0 Å². The van der Waals surface area contributed by atoms with Crippen LogP contribution in [-0.4, -0.2) is 90.1 Å². The largest absolute Gasteiger partial charge is 0.469 e. The second-order valence-electron chi connectivity index (χ2n) is 24.5. The molecule has 1 aromatic heterocycles. The molecule has 1 aromatic rings. The number of esters is 2. The lowest BCUT2D eigenvalue weighted by atomic mass is 9.43. The second kappa shape index (κ2) is 17.4. The molecule has 0 amide bonds. The highest BCUT2D eigenvalue weighted by Crippen LogP contribution is 2.70. The van der Waals surface area contributed by atoms with Crippen LogP contribution in [0.25, 0.3) is 0 Å². The fraction of sp³-hybridized carbons (Fsp3) is 0.923.